The molecular formula is C26H53N3O15. The molecule has 0 amide bonds. The Hall–Kier alpha value is -1.74. The summed E-state index contributed by atoms with van der Waals surface area (Å²) in [6.45, 7) is 10.2. The zero-order valence-corrected chi connectivity index (χ0v) is 25.8. The van der Waals surface area contributed by atoms with E-state index in [0.29, 0.717) is 145 Å². The molecule has 0 aromatic carbocycles. The molecule has 0 bridgehead atoms. The van der Waals surface area contributed by atoms with Crippen LogP contribution in [0.15, 0.2) is 5.11 Å². The summed E-state index contributed by atoms with van der Waals surface area (Å²) in [7, 11) is 0. The summed E-state index contributed by atoms with van der Waals surface area (Å²) in [5, 5.41) is 27.6. The Bertz CT molecular complexity index is 571. The lowest BCUT2D eigenvalue weighted by Crippen LogP contribution is -2.15. The SMILES string of the molecule is OCCOCCOCCOCCOCCOCCOCCOCCOCCOCCOCCOCCO.[N-]=[N+]=NCC(=O)O. The van der Waals surface area contributed by atoms with Gasteiger partial charge in [0.2, 0.25) is 0 Å². The number of azide groups is 1. The number of nitrogens with zero attached hydrogens (tertiary/aromatic N) is 3. The molecule has 44 heavy (non-hydrogen) atoms. The highest BCUT2D eigenvalue weighted by molar-refractivity contribution is 5.69. The predicted molar refractivity (Wildman–Crippen MR) is 155 cm³/mol. The standard InChI is InChI=1S/C24H50O13.C2H3N3O2/c25-1-3-27-5-7-29-9-11-31-13-15-33-17-19-35-21-23-37-24-22-36-20-18-34-16-14-32-12-10-30-8-6-28-4-2-26;3-5-4-1-2(6)7/h25-26H,1-24H2;1H2,(H,6,7). The maximum absolute atomic E-state index is 9.49. The van der Waals surface area contributed by atoms with Crippen molar-refractivity contribution in [1.29, 1.82) is 0 Å². The van der Waals surface area contributed by atoms with Gasteiger partial charge in [0.25, 0.3) is 0 Å². The summed E-state index contributed by atoms with van der Waals surface area (Å²) in [6, 6.07) is 0. The topological polar surface area (TPSA) is 228 Å². The van der Waals surface area contributed by atoms with E-state index in [1.165, 1.54) is 0 Å². The van der Waals surface area contributed by atoms with Crippen LogP contribution in [0.25, 0.3) is 10.4 Å². The lowest BCUT2D eigenvalue weighted by molar-refractivity contribution is -0.135. The molecule has 0 heterocycles. The van der Waals surface area contributed by atoms with Gasteiger partial charge in [-0.2, -0.15) is 0 Å². The van der Waals surface area contributed by atoms with Crippen molar-refractivity contribution in [2.75, 3.05) is 165 Å². The molecule has 0 fully saturated rings. The Morgan fingerprint density at radius 3 is 0.727 bits per heavy atom. The number of hydrogen-bond acceptors (Lipinski definition) is 15. The molecule has 262 valence electrons. The Kier molecular flexibility index (Phi) is 43.8. The van der Waals surface area contributed by atoms with Crippen molar-refractivity contribution in [3.05, 3.63) is 10.4 Å². The van der Waals surface area contributed by atoms with E-state index in [0.717, 1.165) is 0 Å². The van der Waals surface area contributed by atoms with E-state index in [2.05, 4.69) is 10.0 Å². The minimum Gasteiger partial charge on any atom is -0.481 e. The van der Waals surface area contributed by atoms with Gasteiger partial charge in [-0.3, -0.25) is 4.79 Å². The summed E-state index contributed by atoms with van der Waals surface area (Å²) in [6.07, 6.45) is 0. The third-order valence-corrected chi connectivity index (χ3v) is 4.46. The molecular weight excluding hydrogens is 594 g/mol. The number of aliphatic hydroxyl groups excluding tert-OH is 2. The van der Waals surface area contributed by atoms with E-state index in [4.69, 9.17) is 73.0 Å². The number of aliphatic carboxylic acids is 1. The number of ether oxygens (including phenoxy) is 11. The summed E-state index contributed by atoms with van der Waals surface area (Å²) < 4.78 is 58.7. The molecule has 0 atom stereocenters. The molecule has 0 unspecified atom stereocenters. The molecule has 18 nitrogen and oxygen atoms in total. The zero-order chi connectivity index (χ0) is 32.4. The summed E-state index contributed by atoms with van der Waals surface area (Å²) in [5.41, 5.74) is 7.51. The predicted octanol–water partition coefficient (Wildman–Crippen LogP) is -0.465. The monoisotopic (exact) mass is 647 g/mol. The number of carboxylic acid groups (broad SMARTS) is 1. The Balaban J connectivity index is 0. The van der Waals surface area contributed by atoms with Crippen LogP contribution in [0, 0.1) is 0 Å². The van der Waals surface area contributed by atoms with Gasteiger partial charge in [0.05, 0.1) is 159 Å². The van der Waals surface area contributed by atoms with Gasteiger partial charge >= 0.3 is 5.97 Å². The van der Waals surface area contributed by atoms with Gasteiger partial charge in [0.1, 0.15) is 6.54 Å². The largest absolute Gasteiger partial charge is 0.481 e. The molecule has 0 saturated carbocycles. The molecule has 0 aliphatic carbocycles. The van der Waals surface area contributed by atoms with Gasteiger partial charge in [-0.05, 0) is 5.53 Å². The van der Waals surface area contributed by atoms with Gasteiger partial charge in [0, 0.05) is 4.91 Å². The number of carbonyl (C=O) groups is 1. The summed E-state index contributed by atoms with van der Waals surface area (Å²) in [4.78, 5) is 11.7. The van der Waals surface area contributed by atoms with Crippen molar-refractivity contribution >= 4 is 5.97 Å². The van der Waals surface area contributed by atoms with Gasteiger partial charge in [-0.1, -0.05) is 5.11 Å². The Morgan fingerprint density at radius 2 is 0.614 bits per heavy atom. The second-order valence-electron chi connectivity index (χ2n) is 7.97. The molecule has 0 saturated heterocycles. The second-order valence-corrected chi connectivity index (χ2v) is 7.97. The lowest BCUT2D eigenvalue weighted by Gasteiger charge is -2.09. The zero-order valence-electron chi connectivity index (χ0n) is 25.8. The lowest BCUT2D eigenvalue weighted by atomic mass is 10.6. The summed E-state index contributed by atoms with van der Waals surface area (Å²) in [5.74, 6) is -1.11. The summed E-state index contributed by atoms with van der Waals surface area (Å²) >= 11 is 0. The van der Waals surface area contributed by atoms with Crippen LogP contribution in [-0.4, -0.2) is 186 Å². The quantitative estimate of drug-likeness (QED) is 0.0338. The molecule has 0 radical (unpaired) electrons. The van der Waals surface area contributed by atoms with E-state index in [-0.39, 0.29) is 13.2 Å². The van der Waals surface area contributed by atoms with Crippen LogP contribution >= 0.6 is 0 Å². The van der Waals surface area contributed by atoms with E-state index < -0.39 is 12.5 Å². The van der Waals surface area contributed by atoms with E-state index in [9.17, 15) is 4.79 Å². The first-order chi connectivity index (χ1) is 21.7. The molecule has 0 aromatic rings. The molecule has 0 aliphatic rings. The van der Waals surface area contributed by atoms with Crippen molar-refractivity contribution in [2.45, 2.75) is 0 Å². The maximum atomic E-state index is 9.49. The van der Waals surface area contributed by atoms with Crippen LogP contribution in [0.2, 0.25) is 0 Å². The maximum Gasteiger partial charge on any atom is 0.309 e. The first kappa shape index (κ1) is 44.4. The third kappa shape index (κ3) is 47.2. The van der Waals surface area contributed by atoms with Crippen molar-refractivity contribution in [1.82, 2.24) is 0 Å². The van der Waals surface area contributed by atoms with E-state index >= 15 is 0 Å². The van der Waals surface area contributed by atoms with E-state index in [1.54, 1.807) is 0 Å². The van der Waals surface area contributed by atoms with Gasteiger partial charge < -0.3 is 67.4 Å². The van der Waals surface area contributed by atoms with Crippen molar-refractivity contribution < 1.29 is 72.2 Å². The molecule has 18 heteroatoms. The number of carboxylic acids is 1. The van der Waals surface area contributed by atoms with Gasteiger partial charge in [0.15, 0.2) is 0 Å². The highest BCUT2D eigenvalue weighted by Gasteiger charge is 1.96. The van der Waals surface area contributed by atoms with E-state index in [1.807, 2.05) is 0 Å². The van der Waals surface area contributed by atoms with Crippen LogP contribution in [0.3, 0.4) is 0 Å². The molecule has 0 rings (SSSR count). The van der Waals surface area contributed by atoms with Crippen molar-refractivity contribution in [2.24, 2.45) is 5.11 Å². The average molecular weight is 648 g/mol. The van der Waals surface area contributed by atoms with Crippen LogP contribution < -0.4 is 0 Å². The normalized spacial score (nSPS) is 10.8. The van der Waals surface area contributed by atoms with Gasteiger partial charge in [-0.25, -0.2) is 0 Å². The highest BCUT2D eigenvalue weighted by atomic mass is 16.6. The third-order valence-electron chi connectivity index (χ3n) is 4.46. The first-order valence-corrected chi connectivity index (χ1v) is 14.5. The number of aliphatic hydroxyl groups is 2. The fourth-order valence-corrected chi connectivity index (χ4v) is 2.52. The fraction of sp³-hybridized carbons (Fsp3) is 0.962. The molecule has 3 N–H and O–H groups in total. The van der Waals surface area contributed by atoms with Crippen molar-refractivity contribution in [3.63, 3.8) is 0 Å². The van der Waals surface area contributed by atoms with Gasteiger partial charge in [-0.15, -0.1) is 0 Å². The average Bonchev–Trinajstić information content (AvgIpc) is 3.02. The molecule has 0 aliphatic heterocycles. The smallest absolute Gasteiger partial charge is 0.309 e. The minimum absolute atomic E-state index is 0.0253. The number of rotatable bonds is 36. The molecule has 0 spiro atoms. The second kappa shape index (κ2) is 43.4. The molecule has 0 aromatic heterocycles. The minimum atomic E-state index is -1.11. The highest BCUT2D eigenvalue weighted by Crippen LogP contribution is 1.87. The van der Waals surface area contributed by atoms with Crippen LogP contribution in [0.5, 0.6) is 0 Å². The number of hydrogen-bond donors (Lipinski definition) is 3. The Morgan fingerprint density at radius 1 is 0.432 bits per heavy atom. The fourth-order valence-electron chi connectivity index (χ4n) is 2.52. The van der Waals surface area contributed by atoms with Crippen LogP contribution in [0.4, 0.5) is 0 Å². The Labute approximate surface area is 259 Å². The first-order valence-electron chi connectivity index (χ1n) is 14.5. The van der Waals surface area contributed by atoms with Crippen LogP contribution in [-0.2, 0) is 56.9 Å². The van der Waals surface area contributed by atoms with Crippen molar-refractivity contribution in [3.8, 4) is 0 Å². The van der Waals surface area contributed by atoms with Crippen LogP contribution in [0.1, 0.15) is 0 Å².